The molecule has 1 aromatic rings. The summed E-state index contributed by atoms with van der Waals surface area (Å²) >= 11 is 0. The summed E-state index contributed by atoms with van der Waals surface area (Å²) in [5, 5.41) is 4.28. The van der Waals surface area contributed by atoms with Crippen LogP contribution in [0.25, 0.3) is 5.32 Å². The maximum atomic E-state index is 13.6. The van der Waals surface area contributed by atoms with E-state index in [0.717, 1.165) is 37.1 Å². The largest absolute Gasteiger partial charge is 1.00 e. The Morgan fingerprint density at radius 1 is 1.27 bits per heavy atom. The molecule has 1 aromatic carbocycles. The van der Waals surface area contributed by atoms with E-state index in [4.69, 9.17) is 0 Å². The normalized spacial score (nSPS) is 17.2. The molecule has 0 aromatic heterocycles. The minimum atomic E-state index is -0.0445. The summed E-state index contributed by atoms with van der Waals surface area (Å²) in [6.07, 6.45) is 2.00. The minimum absolute atomic E-state index is 0. The third kappa shape index (κ3) is 3.08. The Bertz CT molecular complexity index is 321. The van der Waals surface area contributed by atoms with Crippen molar-refractivity contribution in [3.05, 3.63) is 40.5 Å². The molecular weight excluding hydrogens is 184 g/mol. The maximum Gasteiger partial charge on any atom is 1.00 e. The van der Waals surface area contributed by atoms with Gasteiger partial charge >= 0.3 is 18.9 Å². The summed E-state index contributed by atoms with van der Waals surface area (Å²) in [7, 11) is 0. The van der Waals surface area contributed by atoms with E-state index >= 15 is 0 Å². The molecule has 1 saturated heterocycles. The van der Waals surface area contributed by atoms with E-state index in [1.165, 1.54) is 0 Å². The van der Waals surface area contributed by atoms with E-state index in [2.05, 4.69) is 5.32 Å². The number of nitrogens with zero attached hydrogens (tertiary/aromatic N) is 1. The van der Waals surface area contributed by atoms with E-state index in [0.29, 0.717) is 5.92 Å². The van der Waals surface area contributed by atoms with Crippen molar-refractivity contribution < 1.29 is 23.3 Å². The van der Waals surface area contributed by atoms with E-state index in [-0.39, 0.29) is 24.7 Å². The van der Waals surface area contributed by atoms with Gasteiger partial charge in [-0.1, -0.05) is 25.0 Å². The van der Waals surface area contributed by atoms with Gasteiger partial charge in [-0.15, -0.1) is 13.1 Å². The quantitative estimate of drug-likeness (QED) is 0.581. The van der Waals surface area contributed by atoms with Gasteiger partial charge in [-0.25, -0.2) is 4.39 Å². The molecule has 0 radical (unpaired) electrons. The van der Waals surface area contributed by atoms with Crippen LogP contribution in [0, 0.1) is 12.7 Å². The third-order valence-corrected chi connectivity index (χ3v) is 2.87. The molecule has 0 unspecified atom stereocenters. The molecule has 2 rings (SSSR count). The van der Waals surface area contributed by atoms with Crippen LogP contribution in [0.4, 0.5) is 4.39 Å². The third-order valence-electron chi connectivity index (χ3n) is 2.87. The van der Waals surface area contributed by atoms with Crippen LogP contribution < -0.4 is 18.9 Å². The van der Waals surface area contributed by atoms with Gasteiger partial charge in [0.15, 0.2) is 0 Å². The van der Waals surface area contributed by atoms with Crippen molar-refractivity contribution in [3.8, 4) is 0 Å². The fourth-order valence-electron chi connectivity index (χ4n) is 2.02. The first-order valence-corrected chi connectivity index (χ1v) is 5.16. The molecule has 0 bridgehead atoms. The fraction of sp³-hybridized carbons (Fsp3) is 0.500. The predicted molar refractivity (Wildman–Crippen MR) is 56.2 cm³/mol. The minimum Gasteiger partial charge on any atom is -0.662 e. The molecule has 1 aliphatic heterocycles. The summed E-state index contributed by atoms with van der Waals surface area (Å²) in [5.74, 6) is 0.338. The molecular formula is C12H15FLiN. The van der Waals surface area contributed by atoms with Crippen molar-refractivity contribution in [1.29, 1.82) is 0 Å². The predicted octanol–water partition coefficient (Wildman–Crippen LogP) is 0.389. The fourth-order valence-corrected chi connectivity index (χ4v) is 2.02. The second-order valence-electron chi connectivity index (χ2n) is 3.97. The van der Waals surface area contributed by atoms with Crippen LogP contribution in [0.5, 0.6) is 0 Å². The molecule has 0 N–H and O–H groups in total. The topological polar surface area (TPSA) is 14.1 Å². The van der Waals surface area contributed by atoms with Gasteiger partial charge < -0.3 is 5.32 Å². The Morgan fingerprint density at radius 2 is 1.93 bits per heavy atom. The summed E-state index contributed by atoms with van der Waals surface area (Å²) in [5.41, 5.74) is 1.87. The van der Waals surface area contributed by atoms with Crippen molar-refractivity contribution in [2.24, 2.45) is 0 Å². The number of hydrogen-bond donors (Lipinski definition) is 0. The van der Waals surface area contributed by atoms with Crippen molar-refractivity contribution in [2.45, 2.75) is 25.7 Å². The zero-order chi connectivity index (χ0) is 9.97. The van der Waals surface area contributed by atoms with Crippen LogP contribution in [-0.4, -0.2) is 13.1 Å². The molecule has 0 amide bonds. The summed E-state index contributed by atoms with van der Waals surface area (Å²) in [6.45, 7) is 3.69. The van der Waals surface area contributed by atoms with Gasteiger partial charge in [0, 0.05) is 0 Å². The maximum absolute atomic E-state index is 13.6. The molecule has 0 aliphatic carbocycles. The molecule has 0 saturated carbocycles. The number of halogens is 1. The summed E-state index contributed by atoms with van der Waals surface area (Å²) in [4.78, 5) is 0. The van der Waals surface area contributed by atoms with E-state index in [1.807, 2.05) is 19.1 Å². The van der Waals surface area contributed by atoms with Crippen molar-refractivity contribution in [2.75, 3.05) is 13.1 Å². The monoisotopic (exact) mass is 199 g/mol. The SMILES string of the molecule is Cc1ccc(C2CC[N-]CC2)c(F)c1.[Li+]. The number of piperidine rings is 1. The first-order chi connectivity index (χ1) is 6.77. The second-order valence-corrected chi connectivity index (χ2v) is 3.97. The van der Waals surface area contributed by atoms with E-state index in [9.17, 15) is 4.39 Å². The molecule has 1 nitrogen and oxygen atoms in total. The Morgan fingerprint density at radius 3 is 2.53 bits per heavy atom. The molecule has 0 spiro atoms. The van der Waals surface area contributed by atoms with Gasteiger partial charge in [-0.2, -0.15) is 0 Å². The molecule has 1 heterocycles. The van der Waals surface area contributed by atoms with Crippen LogP contribution >= 0.6 is 0 Å². The Labute approximate surface area is 103 Å². The Kier molecular flexibility index (Phi) is 4.85. The van der Waals surface area contributed by atoms with Gasteiger partial charge in [-0.05, 0) is 30.0 Å². The van der Waals surface area contributed by atoms with Crippen LogP contribution in [-0.2, 0) is 0 Å². The van der Waals surface area contributed by atoms with Crippen LogP contribution in [0.3, 0.4) is 0 Å². The van der Waals surface area contributed by atoms with E-state index in [1.54, 1.807) is 6.07 Å². The molecule has 0 atom stereocenters. The van der Waals surface area contributed by atoms with Crippen LogP contribution in [0.2, 0.25) is 0 Å². The second kappa shape index (κ2) is 5.70. The molecule has 3 heteroatoms. The number of hydrogen-bond acceptors (Lipinski definition) is 0. The van der Waals surface area contributed by atoms with Crippen molar-refractivity contribution in [1.82, 2.24) is 0 Å². The standard InChI is InChI=1S/C12H15FN.Li/c1-9-2-3-11(12(13)8-9)10-4-6-14-7-5-10;/h2-3,8,10H,4-7H2,1H3;/q-1;+1. The summed E-state index contributed by atoms with van der Waals surface area (Å²) < 4.78 is 13.6. The molecule has 76 valence electrons. The zero-order valence-electron chi connectivity index (χ0n) is 9.46. The zero-order valence-corrected chi connectivity index (χ0v) is 9.46. The number of benzene rings is 1. The van der Waals surface area contributed by atoms with E-state index < -0.39 is 0 Å². The smallest absolute Gasteiger partial charge is 0.662 e. The molecule has 1 fully saturated rings. The molecule has 15 heavy (non-hydrogen) atoms. The number of rotatable bonds is 1. The average Bonchev–Trinajstić information content (AvgIpc) is 2.19. The van der Waals surface area contributed by atoms with Crippen LogP contribution in [0.15, 0.2) is 18.2 Å². The average molecular weight is 199 g/mol. The number of aryl methyl sites for hydroxylation is 1. The van der Waals surface area contributed by atoms with Gasteiger partial charge in [0.1, 0.15) is 5.82 Å². The first-order valence-electron chi connectivity index (χ1n) is 5.16. The van der Waals surface area contributed by atoms with Gasteiger partial charge in [0.05, 0.1) is 0 Å². The van der Waals surface area contributed by atoms with Gasteiger partial charge in [0.2, 0.25) is 0 Å². The molecule has 1 aliphatic rings. The van der Waals surface area contributed by atoms with Crippen molar-refractivity contribution in [3.63, 3.8) is 0 Å². The van der Waals surface area contributed by atoms with Crippen LogP contribution in [0.1, 0.15) is 29.9 Å². The Hall–Kier alpha value is -0.293. The van der Waals surface area contributed by atoms with Gasteiger partial charge in [0.25, 0.3) is 0 Å². The van der Waals surface area contributed by atoms with Gasteiger partial charge in [-0.3, -0.25) is 0 Å². The Balaban J connectivity index is 0.00000112. The summed E-state index contributed by atoms with van der Waals surface area (Å²) in [6, 6.07) is 5.55. The van der Waals surface area contributed by atoms with Crippen molar-refractivity contribution >= 4 is 0 Å². The first kappa shape index (κ1) is 12.8.